The van der Waals surface area contributed by atoms with Gasteiger partial charge in [0.1, 0.15) is 0 Å². The predicted octanol–water partition coefficient (Wildman–Crippen LogP) is 2.11. The maximum atomic E-state index is 5.80. The standard InChI is InChI=1S/C11H15N3S/c1-8-5-6-14(13-8)10(7-12)11-4-3-9(2)15-11/h3-6,10H,7,12H2,1-2H3. The second-order valence-electron chi connectivity index (χ2n) is 3.64. The van der Waals surface area contributed by atoms with Gasteiger partial charge >= 0.3 is 0 Å². The summed E-state index contributed by atoms with van der Waals surface area (Å²) in [5, 5.41) is 4.41. The summed E-state index contributed by atoms with van der Waals surface area (Å²) < 4.78 is 1.95. The lowest BCUT2D eigenvalue weighted by Crippen LogP contribution is -2.20. The van der Waals surface area contributed by atoms with Gasteiger partial charge in [-0.3, -0.25) is 4.68 Å². The van der Waals surface area contributed by atoms with Crippen LogP contribution in [0.1, 0.15) is 21.5 Å². The van der Waals surface area contributed by atoms with E-state index in [0.29, 0.717) is 6.54 Å². The van der Waals surface area contributed by atoms with Crippen molar-refractivity contribution in [2.24, 2.45) is 5.73 Å². The number of aryl methyl sites for hydroxylation is 2. The van der Waals surface area contributed by atoms with Crippen molar-refractivity contribution < 1.29 is 0 Å². The number of thiophene rings is 1. The van der Waals surface area contributed by atoms with E-state index in [1.807, 2.05) is 23.9 Å². The SMILES string of the molecule is Cc1ccn(C(CN)c2ccc(C)s2)n1. The summed E-state index contributed by atoms with van der Waals surface area (Å²) in [4.78, 5) is 2.59. The lowest BCUT2D eigenvalue weighted by Gasteiger charge is -2.13. The van der Waals surface area contributed by atoms with Crippen LogP contribution in [-0.4, -0.2) is 16.3 Å². The highest BCUT2D eigenvalue weighted by Crippen LogP contribution is 2.24. The quantitative estimate of drug-likeness (QED) is 0.862. The zero-order valence-corrected chi connectivity index (χ0v) is 9.79. The third-order valence-corrected chi connectivity index (χ3v) is 3.48. The molecule has 0 fully saturated rings. The Labute approximate surface area is 93.5 Å². The Balaban J connectivity index is 2.32. The third kappa shape index (κ3) is 2.11. The summed E-state index contributed by atoms with van der Waals surface area (Å²) in [5.41, 5.74) is 6.83. The molecule has 0 aliphatic carbocycles. The summed E-state index contributed by atoms with van der Waals surface area (Å²) in [6, 6.07) is 6.44. The van der Waals surface area contributed by atoms with Crippen molar-refractivity contribution in [1.29, 1.82) is 0 Å². The first kappa shape index (κ1) is 10.4. The minimum atomic E-state index is 0.178. The molecule has 2 rings (SSSR count). The Morgan fingerprint density at radius 1 is 1.40 bits per heavy atom. The normalized spacial score (nSPS) is 13.0. The second-order valence-corrected chi connectivity index (χ2v) is 4.96. The van der Waals surface area contributed by atoms with Crippen LogP contribution in [0.2, 0.25) is 0 Å². The average Bonchev–Trinajstić information content (AvgIpc) is 2.78. The first-order valence-corrected chi connectivity index (χ1v) is 5.80. The molecule has 0 aliphatic rings. The molecule has 15 heavy (non-hydrogen) atoms. The minimum Gasteiger partial charge on any atom is -0.328 e. The van der Waals surface area contributed by atoms with Gasteiger partial charge in [0.25, 0.3) is 0 Å². The van der Waals surface area contributed by atoms with E-state index in [4.69, 9.17) is 5.73 Å². The predicted molar refractivity (Wildman–Crippen MR) is 63.2 cm³/mol. The van der Waals surface area contributed by atoms with Gasteiger partial charge in [0, 0.05) is 22.5 Å². The van der Waals surface area contributed by atoms with Gasteiger partial charge in [-0.15, -0.1) is 11.3 Å². The van der Waals surface area contributed by atoms with Crippen LogP contribution in [0.25, 0.3) is 0 Å². The molecule has 0 aliphatic heterocycles. The Hall–Kier alpha value is -1.13. The molecular weight excluding hydrogens is 206 g/mol. The molecule has 0 radical (unpaired) electrons. The minimum absolute atomic E-state index is 0.178. The summed E-state index contributed by atoms with van der Waals surface area (Å²) in [5.74, 6) is 0. The molecule has 0 spiro atoms. The van der Waals surface area contributed by atoms with Crippen LogP contribution in [0, 0.1) is 13.8 Å². The van der Waals surface area contributed by atoms with E-state index < -0.39 is 0 Å². The molecule has 80 valence electrons. The lowest BCUT2D eigenvalue weighted by atomic mass is 10.2. The highest BCUT2D eigenvalue weighted by atomic mass is 32.1. The van der Waals surface area contributed by atoms with Crippen LogP contribution in [-0.2, 0) is 0 Å². The van der Waals surface area contributed by atoms with Gasteiger partial charge in [-0.1, -0.05) is 0 Å². The Kier molecular flexibility index (Phi) is 2.88. The highest BCUT2D eigenvalue weighted by Gasteiger charge is 2.14. The van der Waals surface area contributed by atoms with Crippen LogP contribution < -0.4 is 5.73 Å². The van der Waals surface area contributed by atoms with Gasteiger partial charge < -0.3 is 5.73 Å². The average molecular weight is 221 g/mol. The van der Waals surface area contributed by atoms with E-state index >= 15 is 0 Å². The summed E-state index contributed by atoms with van der Waals surface area (Å²) in [6.45, 7) is 4.68. The van der Waals surface area contributed by atoms with E-state index in [1.165, 1.54) is 9.75 Å². The van der Waals surface area contributed by atoms with Gasteiger partial charge in [0.2, 0.25) is 0 Å². The first-order valence-electron chi connectivity index (χ1n) is 4.99. The molecule has 0 bridgehead atoms. The number of rotatable bonds is 3. The molecule has 3 nitrogen and oxygen atoms in total. The van der Waals surface area contributed by atoms with Crippen LogP contribution >= 0.6 is 11.3 Å². The molecule has 2 aromatic heterocycles. The van der Waals surface area contributed by atoms with Gasteiger partial charge in [-0.2, -0.15) is 5.10 Å². The second kappa shape index (κ2) is 4.16. The van der Waals surface area contributed by atoms with Crippen molar-refractivity contribution in [2.45, 2.75) is 19.9 Å². The molecule has 1 unspecified atom stereocenters. The monoisotopic (exact) mass is 221 g/mol. The fourth-order valence-electron chi connectivity index (χ4n) is 1.59. The van der Waals surface area contributed by atoms with Crippen LogP contribution in [0.15, 0.2) is 24.4 Å². The Morgan fingerprint density at radius 2 is 2.20 bits per heavy atom. The van der Waals surface area contributed by atoms with E-state index in [-0.39, 0.29) is 6.04 Å². The van der Waals surface area contributed by atoms with Crippen molar-refractivity contribution in [2.75, 3.05) is 6.54 Å². The summed E-state index contributed by atoms with van der Waals surface area (Å²) in [6.07, 6.45) is 1.99. The van der Waals surface area contributed by atoms with E-state index in [2.05, 4.69) is 24.2 Å². The van der Waals surface area contributed by atoms with Gasteiger partial charge in [0.15, 0.2) is 0 Å². The maximum absolute atomic E-state index is 5.80. The molecular formula is C11H15N3S. The Bertz CT molecular complexity index is 404. The van der Waals surface area contributed by atoms with Gasteiger partial charge in [-0.25, -0.2) is 0 Å². The molecule has 1 atom stereocenters. The van der Waals surface area contributed by atoms with E-state index in [9.17, 15) is 0 Å². The largest absolute Gasteiger partial charge is 0.328 e. The maximum Gasteiger partial charge on any atom is 0.0982 e. The summed E-state index contributed by atoms with van der Waals surface area (Å²) in [7, 11) is 0. The molecule has 0 saturated heterocycles. The van der Waals surface area contributed by atoms with E-state index in [0.717, 1.165) is 5.69 Å². The fourth-order valence-corrected chi connectivity index (χ4v) is 2.58. The zero-order chi connectivity index (χ0) is 10.8. The molecule has 2 N–H and O–H groups in total. The lowest BCUT2D eigenvalue weighted by molar-refractivity contribution is 0.536. The molecule has 2 aromatic rings. The zero-order valence-electron chi connectivity index (χ0n) is 8.97. The molecule has 0 saturated carbocycles. The van der Waals surface area contributed by atoms with E-state index in [1.54, 1.807) is 11.3 Å². The number of nitrogens with two attached hydrogens (primary N) is 1. The number of nitrogens with zero attached hydrogens (tertiary/aromatic N) is 2. The van der Waals surface area contributed by atoms with Crippen molar-refractivity contribution in [1.82, 2.24) is 9.78 Å². The molecule has 0 amide bonds. The van der Waals surface area contributed by atoms with Crippen LogP contribution in [0.5, 0.6) is 0 Å². The topological polar surface area (TPSA) is 43.8 Å². The Morgan fingerprint density at radius 3 is 2.67 bits per heavy atom. The van der Waals surface area contributed by atoms with Crippen LogP contribution in [0.3, 0.4) is 0 Å². The molecule has 4 heteroatoms. The van der Waals surface area contributed by atoms with Gasteiger partial charge in [-0.05, 0) is 32.0 Å². The molecule has 0 aromatic carbocycles. The van der Waals surface area contributed by atoms with Crippen molar-refractivity contribution in [3.8, 4) is 0 Å². The smallest absolute Gasteiger partial charge is 0.0982 e. The third-order valence-electron chi connectivity index (χ3n) is 2.37. The number of aromatic nitrogens is 2. The molecule has 2 heterocycles. The number of hydrogen-bond acceptors (Lipinski definition) is 3. The first-order chi connectivity index (χ1) is 7.20. The van der Waals surface area contributed by atoms with Crippen molar-refractivity contribution in [3.05, 3.63) is 39.8 Å². The number of hydrogen-bond donors (Lipinski definition) is 1. The fraction of sp³-hybridized carbons (Fsp3) is 0.364. The highest BCUT2D eigenvalue weighted by molar-refractivity contribution is 7.12. The van der Waals surface area contributed by atoms with Crippen molar-refractivity contribution in [3.63, 3.8) is 0 Å². The van der Waals surface area contributed by atoms with Crippen LogP contribution in [0.4, 0.5) is 0 Å². The van der Waals surface area contributed by atoms with Crippen molar-refractivity contribution >= 4 is 11.3 Å². The van der Waals surface area contributed by atoms with Gasteiger partial charge in [0.05, 0.1) is 11.7 Å². The summed E-state index contributed by atoms with van der Waals surface area (Å²) >= 11 is 1.78.